The Bertz CT molecular complexity index is 1330. The van der Waals surface area contributed by atoms with Crippen LogP contribution in [0.3, 0.4) is 0 Å². The molecule has 0 bridgehead atoms. The number of ether oxygens (including phenoxy) is 4. The van der Waals surface area contributed by atoms with Crippen molar-refractivity contribution in [2.24, 2.45) is 11.8 Å². The third-order valence-electron chi connectivity index (χ3n) is 7.96. The molecular weight excluding hydrogens is 532 g/mol. The van der Waals surface area contributed by atoms with Gasteiger partial charge in [-0.3, -0.25) is 14.7 Å². The van der Waals surface area contributed by atoms with E-state index in [4.69, 9.17) is 18.9 Å². The first-order valence-electron chi connectivity index (χ1n) is 14.1. The Hall–Kier alpha value is -3.58. The van der Waals surface area contributed by atoms with Crippen molar-refractivity contribution < 1.29 is 33.6 Å². The van der Waals surface area contributed by atoms with E-state index in [1.165, 1.54) is 16.8 Å². The van der Waals surface area contributed by atoms with E-state index in [-0.39, 0.29) is 24.4 Å². The van der Waals surface area contributed by atoms with Crippen molar-refractivity contribution in [3.8, 4) is 0 Å². The molecular formula is C29H34N4O8. The molecule has 1 aromatic heterocycles. The maximum atomic E-state index is 13.0. The Balaban J connectivity index is 1.15. The first kappa shape index (κ1) is 27.6. The molecule has 3 heterocycles. The molecule has 4 aliphatic rings. The molecule has 2 aliphatic carbocycles. The number of amides is 2. The molecule has 218 valence electrons. The summed E-state index contributed by atoms with van der Waals surface area (Å²) in [5.41, 5.74) is 0.380. The summed E-state index contributed by atoms with van der Waals surface area (Å²) >= 11 is 0. The van der Waals surface area contributed by atoms with Crippen LogP contribution in [0, 0.1) is 11.8 Å². The standard InChI is InChI=1S/C29H34N4O8/c34-27(35)20-8-4-7-18(20)15-38-16-21-24-25(41-23(40-24)12-9-17-5-2-1-3-6-17)26(39-21)33-14-13-22(32-29(33)37)31-28(36)30-19-10-11-19/h1-3,5-6,9,12-14,18-21,23-26H,4,7-8,10-11,15-16H2,(H,34,35)(H2,30,31,32,36,37)/t18?,20?,21-,23+,24?,25+,26-/m1/s1. The summed E-state index contributed by atoms with van der Waals surface area (Å²) in [6, 6.07) is 11.0. The molecule has 1 aromatic carbocycles. The van der Waals surface area contributed by atoms with Gasteiger partial charge in [-0.25, -0.2) is 9.59 Å². The molecule has 7 atom stereocenters. The summed E-state index contributed by atoms with van der Waals surface area (Å²) in [5, 5.41) is 14.9. The van der Waals surface area contributed by atoms with Crippen molar-refractivity contribution in [1.82, 2.24) is 14.9 Å². The van der Waals surface area contributed by atoms with Crippen LogP contribution in [-0.2, 0) is 23.7 Å². The molecule has 2 amide bonds. The Kier molecular flexibility index (Phi) is 8.15. The zero-order chi connectivity index (χ0) is 28.3. The molecule has 0 spiro atoms. The average Bonchev–Trinajstić information content (AvgIpc) is 3.33. The minimum atomic E-state index is -0.837. The van der Waals surface area contributed by atoms with Crippen molar-refractivity contribution in [1.29, 1.82) is 0 Å². The molecule has 0 radical (unpaired) electrons. The molecule has 6 rings (SSSR count). The lowest BCUT2D eigenvalue weighted by Gasteiger charge is -2.22. The molecule has 3 unspecified atom stereocenters. The number of nitrogens with one attached hydrogen (secondary N) is 2. The smallest absolute Gasteiger partial charge is 0.351 e. The maximum absolute atomic E-state index is 13.0. The van der Waals surface area contributed by atoms with Crippen LogP contribution in [-0.4, -0.2) is 70.5 Å². The van der Waals surface area contributed by atoms with E-state index in [1.54, 1.807) is 0 Å². The summed E-state index contributed by atoms with van der Waals surface area (Å²) in [4.78, 5) is 40.7. The van der Waals surface area contributed by atoms with Crippen molar-refractivity contribution in [2.45, 2.75) is 69.0 Å². The van der Waals surface area contributed by atoms with E-state index in [0.29, 0.717) is 13.0 Å². The summed E-state index contributed by atoms with van der Waals surface area (Å²) in [7, 11) is 0. The zero-order valence-electron chi connectivity index (χ0n) is 22.5. The van der Waals surface area contributed by atoms with E-state index in [0.717, 1.165) is 31.2 Å². The number of benzene rings is 1. The van der Waals surface area contributed by atoms with Gasteiger partial charge in [-0.15, -0.1) is 0 Å². The Morgan fingerprint density at radius 1 is 1.05 bits per heavy atom. The summed E-state index contributed by atoms with van der Waals surface area (Å²) in [5.74, 6) is -1.10. The van der Waals surface area contributed by atoms with Gasteiger partial charge in [-0.1, -0.05) is 42.8 Å². The fourth-order valence-electron chi connectivity index (χ4n) is 5.70. The third kappa shape index (κ3) is 6.51. The number of aliphatic carboxylic acids is 1. The maximum Gasteiger partial charge on any atom is 0.351 e. The number of aromatic nitrogens is 2. The average molecular weight is 567 g/mol. The number of carboxylic acids is 1. The predicted octanol–water partition coefficient (Wildman–Crippen LogP) is 2.77. The van der Waals surface area contributed by atoms with Gasteiger partial charge in [0.1, 0.15) is 24.1 Å². The van der Waals surface area contributed by atoms with Crippen LogP contribution in [0.5, 0.6) is 0 Å². The number of carbonyl (C=O) groups excluding carboxylic acids is 1. The fourth-order valence-corrected chi connectivity index (χ4v) is 5.70. The zero-order valence-corrected chi connectivity index (χ0v) is 22.5. The molecule has 12 nitrogen and oxygen atoms in total. The molecule has 3 N–H and O–H groups in total. The first-order chi connectivity index (χ1) is 19.9. The van der Waals surface area contributed by atoms with Crippen molar-refractivity contribution in [2.75, 3.05) is 18.5 Å². The summed E-state index contributed by atoms with van der Waals surface area (Å²) < 4.78 is 25.9. The SMILES string of the molecule is O=C(Nc1ccn([C@@H]2O[C@H](COCC3CCCC3C(=O)O)C3O[C@H](C=Cc4ccccc4)O[C@@H]32)c(=O)n1)NC1CC1. The van der Waals surface area contributed by atoms with Crippen LogP contribution in [0.25, 0.3) is 6.08 Å². The molecule has 2 saturated heterocycles. The number of hydrogen-bond donors (Lipinski definition) is 3. The number of rotatable bonds is 10. The summed E-state index contributed by atoms with van der Waals surface area (Å²) in [6.07, 6.45) is 6.24. The monoisotopic (exact) mass is 566 g/mol. The van der Waals surface area contributed by atoms with Gasteiger partial charge in [0.15, 0.2) is 12.5 Å². The molecule has 2 saturated carbocycles. The van der Waals surface area contributed by atoms with Gasteiger partial charge >= 0.3 is 17.7 Å². The van der Waals surface area contributed by atoms with Gasteiger partial charge in [0, 0.05) is 12.2 Å². The van der Waals surface area contributed by atoms with Crippen molar-refractivity contribution in [3.63, 3.8) is 0 Å². The largest absolute Gasteiger partial charge is 0.481 e. The van der Waals surface area contributed by atoms with Crippen molar-refractivity contribution in [3.05, 3.63) is 64.7 Å². The highest BCUT2D eigenvalue weighted by Gasteiger charge is 2.53. The minimum Gasteiger partial charge on any atom is -0.481 e. The topological polar surface area (TPSA) is 150 Å². The Labute approximate surface area is 236 Å². The van der Waals surface area contributed by atoms with E-state index in [2.05, 4.69) is 15.6 Å². The van der Waals surface area contributed by atoms with E-state index in [9.17, 15) is 19.5 Å². The Morgan fingerprint density at radius 2 is 1.85 bits per heavy atom. The van der Waals surface area contributed by atoms with Crippen LogP contribution >= 0.6 is 0 Å². The molecule has 4 fully saturated rings. The van der Waals surface area contributed by atoms with E-state index in [1.807, 2.05) is 42.5 Å². The van der Waals surface area contributed by atoms with Gasteiger partial charge in [-0.05, 0) is 49.3 Å². The van der Waals surface area contributed by atoms with Gasteiger partial charge in [0.05, 0.1) is 19.1 Å². The number of carboxylic acid groups (broad SMARTS) is 1. The molecule has 12 heteroatoms. The minimum absolute atomic E-state index is 0.0493. The first-order valence-corrected chi connectivity index (χ1v) is 14.1. The third-order valence-corrected chi connectivity index (χ3v) is 7.96. The van der Waals surface area contributed by atoms with Crippen LogP contribution in [0.2, 0.25) is 0 Å². The molecule has 2 aliphatic heterocycles. The van der Waals surface area contributed by atoms with Gasteiger partial charge < -0.3 is 29.4 Å². The number of nitrogens with zero attached hydrogens (tertiary/aromatic N) is 2. The van der Waals surface area contributed by atoms with Crippen LogP contribution in [0.15, 0.2) is 53.5 Å². The number of carbonyl (C=O) groups is 2. The summed E-state index contributed by atoms with van der Waals surface area (Å²) in [6.45, 7) is 0.462. The highest BCUT2D eigenvalue weighted by Crippen LogP contribution is 2.40. The highest BCUT2D eigenvalue weighted by molar-refractivity contribution is 5.88. The van der Waals surface area contributed by atoms with E-state index < -0.39 is 54.4 Å². The van der Waals surface area contributed by atoms with Crippen LogP contribution < -0.4 is 16.3 Å². The quantitative estimate of drug-likeness (QED) is 0.394. The normalized spacial score (nSPS) is 30.9. The molecule has 41 heavy (non-hydrogen) atoms. The van der Waals surface area contributed by atoms with Gasteiger partial charge in [-0.2, -0.15) is 4.98 Å². The Morgan fingerprint density at radius 3 is 2.61 bits per heavy atom. The lowest BCUT2D eigenvalue weighted by Crippen LogP contribution is -2.36. The van der Waals surface area contributed by atoms with Crippen LogP contribution in [0.4, 0.5) is 10.6 Å². The second-order valence-corrected chi connectivity index (χ2v) is 11.0. The van der Waals surface area contributed by atoms with Gasteiger partial charge in [0.2, 0.25) is 0 Å². The lowest BCUT2D eigenvalue weighted by molar-refractivity contribution is -0.147. The van der Waals surface area contributed by atoms with E-state index >= 15 is 0 Å². The number of urea groups is 1. The predicted molar refractivity (Wildman–Crippen MR) is 146 cm³/mol. The van der Waals surface area contributed by atoms with Crippen molar-refractivity contribution >= 4 is 23.9 Å². The number of anilines is 1. The second kappa shape index (κ2) is 12.1. The second-order valence-electron chi connectivity index (χ2n) is 11.0. The molecule has 2 aromatic rings. The number of fused-ring (bicyclic) bond motifs is 1. The highest BCUT2D eigenvalue weighted by atomic mass is 16.8. The fraction of sp³-hybridized carbons (Fsp3) is 0.517. The van der Waals surface area contributed by atoms with Crippen LogP contribution in [0.1, 0.15) is 43.9 Å². The number of hydrogen-bond acceptors (Lipinski definition) is 8. The van der Waals surface area contributed by atoms with Gasteiger partial charge in [0.25, 0.3) is 0 Å². The lowest BCUT2D eigenvalue weighted by atomic mass is 9.97.